The molecule has 1 aliphatic heterocycles. The van der Waals surface area contributed by atoms with Crippen LogP contribution in [0, 0.1) is 0 Å². The van der Waals surface area contributed by atoms with Crippen molar-refractivity contribution < 1.29 is 14.6 Å². The number of amides is 1. The van der Waals surface area contributed by atoms with Gasteiger partial charge in [0.2, 0.25) is 0 Å². The number of nitrogens with two attached hydrogens (primary N) is 1. The van der Waals surface area contributed by atoms with E-state index in [1.165, 1.54) is 13.2 Å². The molecule has 0 aliphatic carbocycles. The molecule has 2 rings (SSSR count). The molecule has 5 heteroatoms. The van der Waals surface area contributed by atoms with Crippen molar-refractivity contribution in [3.63, 3.8) is 0 Å². The lowest BCUT2D eigenvalue weighted by Crippen LogP contribution is -2.42. The highest BCUT2D eigenvalue weighted by molar-refractivity contribution is 5.97. The number of ether oxygens (including phenoxy) is 1. The largest absolute Gasteiger partial charge is 0.507 e. The number of hydrogen-bond acceptors (Lipinski definition) is 4. The number of carbonyl (C=O) groups excluding carboxylic acids is 1. The summed E-state index contributed by atoms with van der Waals surface area (Å²) in [5.41, 5.74) is 6.11. The van der Waals surface area contributed by atoms with E-state index in [1.54, 1.807) is 17.0 Å². The Balaban J connectivity index is 2.13. The Morgan fingerprint density at radius 1 is 1.44 bits per heavy atom. The second kappa shape index (κ2) is 5.27. The van der Waals surface area contributed by atoms with Crippen LogP contribution in [0.5, 0.6) is 11.5 Å². The Bertz CT molecular complexity index is 440. The van der Waals surface area contributed by atoms with Crippen molar-refractivity contribution in [1.29, 1.82) is 0 Å². The molecule has 1 aliphatic rings. The van der Waals surface area contributed by atoms with Gasteiger partial charge >= 0.3 is 0 Å². The Morgan fingerprint density at radius 3 is 2.67 bits per heavy atom. The molecule has 1 saturated heterocycles. The molecule has 98 valence electrons. The van der Waals surface area contributed by atoms with Crippen LogP contribution < -0.4 is 10.5 Å². The number of likely N-dealkylation sites (tertiary alicyclic amines) is 1. The van der Waals surface area contributed by atoms with E-state index in [0.717, 1.165) is 12.8 Å². The summed E-state index contributed by atoms with van der Waals surface area (Å²) >= 11 is 0. The van der Waals surface area contributed by atoms with Gasteiger partial charge in [0.1, 0.15) is 11.5 Å². The molecule has 0 aromatic heterocycles. The van der Waals surface area contributed by atoms with Crippen LogP contribution in [0.2, 0.25) is 0 Å². The summed E-state index contributed by atoms with van der Waals surface area (Å²) < 4.78 is 4.99. The number of rotatable bonds is 2. The minimum absolute atomic E-state index is 0.0470. The number of phenols is 1. The first-order chi connectivity index (χ1) is 8.61. The van der Waals surface area contributed by atoms with E-state index in [0.29, 0.717) is 24.4 Å². The molecule has 0 bridgehead atoms. The fraction of sp³-hybridized carbons (Fsp3) is 0.462. The van der Waals surface area contributed by atoms with E-state index in [4.69, 9.17) is 10.5 Å². The van der Waals surface area contributed by atoms with E-state index in [1.807, 2.05) is 0 Å². The summed E-state index contributed by atoms with van der Waals surface area (Å²) in [6.07, 6.45) is 1.62. The predicted molar refractivity (Wildman–Crippen MR) is 67.8 cm³/mol. The monoisotopic (exact) mass is 250 g/mol. The number of aromatic hydroxyl groups is 1. The minimum Gasteiger partial charge on any atom is -0.507 e. The topological polar surface area (TPSA) is 75.8 Å². The molecule has 1 amide bonds. The first-order valence-electron chi connectivity index (χ1n) is 6.03. The Labute approximate surface area is 106 Å². The van der Waals surface area contributed by atoms with Crippen LogP contribution in [0.1, 0.15) is 23.2 Å². The Kier molecular flexibility index (Phi) is 3.72. The third-order valence-electron chi connectivity index (χ3n) is 3.26. The van der Waals surface area contributed by atoms with E-state index in [9.17, 15) is 9.90 Å². The van der Waals surface area contributed by atoms with Crippen molar-refractivity contribution >= 4 is 5.91 Å². The lowest BCUT2D eigenvalue weighted by molar-refractivity contribution is 0.0711. The van der Waals surface area contributed by atoms with Crippen molar-refractivity contribution in [2.75, 3.05) is 20.2 Å². The predicted octanol–water partition coefficient (Wildman–Crippen LogP) is 0.964. The zero-order valence-electron chi connectivity index (χ0n) is 10.4. The highest BCUT2D eigenvalue weighted by Crippen LogP contribution is 2.25. The molecule has 3 N–H and O–H groups in total. The van der Waals surface area contributed by atoms with Crippen LogP contribution in [-0.4, -0.2) is 42.2 Å². The van der Waals surface area contributed by atoms with Gasteiger partial charge in [0, 0.05) is 25.2 Å². The molecule has 0 saturated carbocycles. The van der Waals surface area contributed by atoms with Gasteiger partial charge in [-0.3, -0.25) is 4.79 Å². The van der Waals surface area contributed by atoms with Gasteiger partial charge < -0.3 is 20.5 Å². The molecule has 0 radical (unpaired) electrons. The maximum absolute atomic E-state index is 12.2. The second-order valence-corrected chi connectivity index (χ2v) is 4.51. The van der Waals surface area contributed by atoms with Crippen molar-refractivity contribution in [3.8, 4) is 11.5 Å². The van der Waals surface area contributed by atoms with Crippen LogP contribution >= 0.6 is 0 Å². The number of carbonyl (C=O) groups is 1. The van der Waals surface area contributed by atoms with Crippen LogP contribution in [0.15, 0.2) is 18.2 Å². The van der Waals surface area contributed by atoms with E-state index < -0.39 is 0 Å². The highest BCUT2D eigenvalue weighted by Gasteiger charge is 2.23. The van der Waals surface area contributed by atoms with Gasteiger partial charge in [-0.1, -0.05) is 0 Å². The van der Waals surface area contributed by atoms with E-state index in [-0.39, 0.29) is 17.7 Å². The van der Waals surface area contributed by atoms with Crippen LogP contribution in [0.25, 0.3) is 0 Å². The normalized spacial score (nSPS) is 16.7. The zero-order valence-corrected chi connectivity index (χ0v) is 10.4. The van der Waals surface area contributed by atoms with Crippen molar-refractivity contribution in [1.82, 2.24) is 4.90 Å². The number of phenolic OH excluding ortho intramolecular Hbond substituents is 1. The van der Waals surface area contributed by atoms with Gasteiger partial charge in [0.15, 0.2) is 0 Å². The van der Waals surface area contributed by atoms with Gasteiger partial charge in [-0.05, 0) is 25.0 Å². The number of hydrogen-bond donors (Lipinski definition) is 2. The average molecular weight is 250 g/mol. The molecule has 0 spiro atoms. The second-order valence-electron chi connectivity index (χ2n) is 4.51. The molecule has 0 unspecified atom stereocenters. The first-order valence-corrected chi connectivity index (χ1v) is 6.03. The number of piperidine rings is 1. The van der Waals surface area contributed by atoms with Crippen molar-refractivity contribution in [2.45, 2.75) is 18.9 Å². The Morgan fingerprint density at radius 2 is 2.11 bits per heavy atom. The fourth-order valence-electron chi connectivity index (χ4n) is 2.09. The van der Waals surface area contributed by atoms with Crippen molar-refractivity contribution in [2.24, 2.45) is 5.73 Å². The SMILES string of the molecule is COc1ccc(C(=O)N2CCC(N)CC2)c(O)c1. The summed E-state index contributed by atoms with van der Waals surface area (Å²) in [7, 11) is 1.52. The van der Waals surface area contributed by atoms with Crippen LogP contribution in [0.4, 0.5) is 0 Å². The van der Waals surface area contributed by atoms with Gasteiger partial charge in [-0.2, -0.15) is 0 Å². The molecule has 1 fully saturated rings. The van der Waals surface area contributed by atoms with E-state index >= 15 is 0 Å². The summed E-state index contributed by atoms with van der Waals surface area (Å²) in [6.45, 7) is 1.29. The first kappa shape index (κ1) is 12.7. The number of benzene rings is 1. The lowest BCUT2D eigenvalue weighted by atomic mass is 10.0. The average Bonchev–Trinajstić information content (AvgIpc) is 2.38. The van der Waals surface area contributed by atoms with Crippen LogP contribution in [-0.2, 0) is 0 Å². The summed E-state index contributed by atoms with van der Waals surface area (Å²) in [5.74, 6) is 0.334. The number of nitrogens with zero attached hydrogens (tertiary/aromatic N) is 1. The van der Waals surface area contributed by atoms with E-state index in [2.05, 4.69) is 0 Å². The van der Waals surface area contributed by atoms with Crippen LogP contribution in [0.3, 0.4) is 0 Å². The molecule has 18 heavy (non-hydrogen) atoms. The third kappa shape index (κ3) is 2.56. The maximum atomic E-state index is 12.2. The fourth-order valence-corrected chi connectivity index (χ4v) is 2.09. The summed E-state index contributed by atoms with van der Waals surface area (Å²) in [4.78, 5) is 13.9. The molecule has 1 aromatic carbocycles. The zero-order chi connectivity index (χ0) is 13.1. The van der Waals surface area contributed by atoms with Gasteiger partial charge in [-0.25, -0.2) is 0 Å². The summed E-state index contributed by atoms with van der Waals surface area (Å²) in [6, 6.07) is 4.88. The van der Waals surface area contributed by atoms with Crippen molar-refractivity contribution in [3.05, 3.63) is 23.8 Å². The lowest BCUT2D eigenvalue weighted by Gasteiger charge is -2.30. The highest BCUT2D eigenvalue weighted by atomic mass is 16.5. The quantitative estimate of drug-likeness (QED) is 0.820. The standard InChI is InChI=1S/C13H18N2O3/c1-18-10-2-3-11(12(16)8-10)13(17)15-6-4-9(14)5-7-15/h2-3,8-9,16H,4-7,14H2,1H3. The van der Waals surface area contributed by atoms with Gasteiger partial charge in [-0.15, -0.1) is 0 Å². The van der Waals surface area contributed by atoms with Gasteiger partial charge in [0.25, 0.3) is 5.91 Å². The molecule has 0 atom stereocenters. The maximum Gasteiger partial charge on any atom is 0.257 e. The smallest absolute Gasteiger partial charge is 0.257 e. The minimum atomic E-state index is -0.151. The third-order valence-corrected chi connectivity index (χ3v) is 3.26. The molecule has 5 nitrogen and oxygen atoms in total. The molecule has 1 heterocycles. The Hall–Kier alpha value is -1.75. The number of methoxy groups -OCH3 is 1. The summed E-state index contributed by atoms with van der Waals surface area (Å²) in [5, 5.41) is 9.82. The molecular formula is C13H18N2O3. The van der Waals surface area contributed by atoms with Gasteiger partial charge in [0.05, 0.1) is 12.7 Å². The molecular weight excluding hydrogens is 232 g/mol. The molecule has 1 aromatic rings.